The summed E-state index contributed by atoms with van der Waals surface area (Å²) in [6, 6.07) is 0. The lowest BCUT2D eigenvalue weighted by Gasteiger charge is -2.25. The molecule has 0 spiro atoms. The van der Waals surface area contributed by atoms with Crippen molar-refractivity contribution in [1.29, 1.82) is 0 Å². The number of ketones is 1. The van der Waals surface area contributed by atoms with Crippen LogP contribution in [0.1, 0.15) is 64.2 Å². The molecule has 0 aromatic rings. The van der Waals surface area contributed by atoms with E-state index in [0.717, 1.165) is 63.5 Å². The Kier molecular flexibility index (Phi) is 7.76. The minimum Gasteiger partial charge on any atom is -0.469 e. The average Bonchev–Trinajstić information content (AvgIpc) is 2.92. The van der Waals surface area contributed by atoms with Crippen LogP contribution in [-0.2, 0) is 23.8 Å². The second-order valence-electron chi connectivity index (χ2n) is 6.24. The topological polar surface area (TPSA) is 61.8 Å². The fraction of sp³-hybridized carbons (Fsp3) is 0.778. The summed E-state index contributed by atoms with van der Waals surface area (Å²) in [7, 11) is 1.41. The zero-order valence-corrected chi connectivity index (χ0v) is 14.1. The lowest BCUT2D eigenvalue weighted by Crippen LogP contribution is -2.31. The van der Waals surface area contributed by atoms with Crippen LogP contribution in [0, 0.1) is 0 Å². The number of carbonyl (C=O) groups excluding carboxylic acids is 2. The summed E-state index contributed by atoms with van der Waals surface area (Å²) >= 11 is 0. The summed E-state index contributed by atoms with van der Waals surface area (Å²) < 4.78 is 16.0. The quantitative estimate of drug-likeness (QED) is 0.481. The second kappa shape index (κ2) is 9.83. The lowest BCUT2D eigenvalue weighted by molar-refractivity contribution is -0.188. The van der Waals surface area contributed by atoms with Gasteiger partial charge in [-0.2, -0.15) is 0 Å². The number of hydrogen-bond acceptors (Lipinski definition) is 5. The fourth-order valence-electron chi connectivity index (χ4n) is 3.05. The van der Waals surface area contributed by atoms with Crippen LogP contribution in [0.2, 0.25) is 0 Å². The van der Waals surface area contributed by atoms with Gasteiger partial charge in [-0.1, -0.05) is 18.9 Å². The van der Waals surface area contributed by atoms with Crippen LogP contribution >= 0.6 is 0 Å². The summed E-state index contributed by atoms with van der Waals surface area (Å²) in [6.07, 6.45) is 10.4. The molecule has 1 aliphatic carbocycles. The van der Waals surface area contributed by atoms with Gasteiger partial charge in [-0.05, 0) is 50.5 Å². The summed E-state index contributed by atoms with van der Waals surface area (Å²) in [5.74, 6) is -0.0164. The van der Waals surface area contributed by atoms with Gasteiger partial charge in [0, 0.05) is 13.0 Å². The van der Waals surface area contributed by atoms with Gasteiger partial charge in [-0.25, -0.2) is 0 Å². The monoisotopic (exact) mass is 324 g/mol. The van der Waals surface area contributed by atoms with Gasteiger partial charge in [-0.15, -0.1) is 0 Å². The predicted octanol–water partition coefficient (Wildman–Crippen LogP) is 3.31. The van der Waals surface area contributed by atoms with Gasteiger partial charge in [0.1, 0.15) is 6.10 Å². The molecule has 1 fully saturated rings. The van der Waals surface area contributed by atoms with Crippen LogP contribution in [0.4, 0.5) is 0 Å². The molecule has 2 atom stereocenters. The van der Waals surface area contributed by atoms with E-state index in [1.54, 1.807) is 0 Å². The first kappa shape index (κ1) is 18.1. The van der Waals surface area contributed by atoms with Crippen molar-refractivity contribution in [3.8, 4) is 0 Å². The van der Waals surface area contributed by atoms with E-state index >= 15 is 0 Å². The SMILES string of the molecule is COC(=O)CCCCCCC1=CC[C@@H](OC2CCCCO2)C1=O. The molecular weight excluding hydrogens is 296 g/mol. The minimum absolute atomic E-state index is 0.133. The van der Waals surface area contributed by atoms with Crippen LogP contribution in [0.3, 0.4) is 0 Å². The molecule has 5 heteroatoms. The van der Waals surface area contributed by atoms with Gasteiger partial charge < -0.3 is 14.2 Å². The maximum atomic E-state index is 12.3. The van der Waals surface area contributed by atoms with Gasteiger partial charge in [0.05, 0.1) is 7.11 Å². The predicted molar refractivity (Wildman–Crippen MR) is 85.9 cm³/mol. The Bertz CT molecular complexity index is 423. The minimum atomic E-state index is -0.340. The largest absolute Gasteiger partial charge is 0.469 e. The molecule has 2 aliphatic rings. The van der Waals surface area contributed by atoms with Crippen LogP contribution in [0.5, 0.6) is 0 Å². The Labute approximate surface area is 138 Å². The molecule has 23 heavy (non-hydrogen) atoms. The van der Waals surface area contributed by atoms with Crippen LogP contribution in [0.25, 0.3) is 0 Å². The van der Waals surface area contributed by atoms with E-state index in [0.29, 0.717) is 12.8 Å². The zero-order valence-electron chi connectivity index (χ0n) is 14.1. The number of hydrogen-bond donors (Lipinski definition) is 0. The Morgan fingerprint density at radius 1 is 1.26 bits per heavy atom. The smallest absolute Gasteiger partial charge is 0.305 e. The molecule has 5 nitrogen and oxygen atoms in total. The number of ether oxygens (including phenoxy) is 3. The number of Topliss-reactive ketones (excluding diaryl/α,β-unsaturated/α-hetero) is 1. The first-order chi connectivity index (χ1) is 11.2. The van der Waals surface area contributed by atoms with Crippen molar-refractivity contribution in [3.05, 3.63) is 11.6 Å². The van der Waals surface area contributed by atoms with E-state index in [4.69, 9.17) is 9.47 Å². The highest BCUT2D eigenvalue weighted by Gasteiger charge is 2.30. The molecule has 1 heterocycles. The van der Waals surface area contributed by atoms with Crippen molar-refractivity contribution in [1.82, 2.24) is 0 Å². The molecule has 130 valence electrons. The third kappa shape index (κ3) is 6.07. The van der Waals surface area contributed by atoms with E-state index in [1.165, 1.54) is 7.11 Å². The first-order valence-corrected chi connectivity index (χ1v) is 8.78. The Morgan fingerprint density at radius 3 is 2.83 bits per heavy atom. The summed E-state index contributed by atoms with van der Waals surface area (Å²) in [4.78, 5) is 23.3. The van der Waals surface area contributed by atoms with E-state index in [2.05, 4.69) is 4.74 Å². The van der Waals surface area contributed by atoms with E-state index in [-0.39, 0.29) is 24.1 Å². The second-order valence-corrected chi connectivity index (χ2v) is 6.24. The number of rotatable bonds is 9. The maximum Gasteiger partial charge on any atom is 0.305 e. The molecule has 1 unspecified atom stereocenters. The molecule has 0 bridgehead atoms. The van der Waals surface area contributed by atoms with Crippen molar-refractivity contribution in [2.75, 3.05) is 13.7 Å². The highest BCUT2D eigenvalue weighted by atomic mass is 16.7. The summed E-state index contributed by atoms with van der Waals surface area (Å²) in [5, 5.41) is 0. The van der Waals surface area contributed by atoms with Gasteiger partial charge in [0.2, 0.25) is 0 Å². The molecule has 2 rings (SSSR count). The number of methoxy groups -OCH3 is 1. The van der Waals surface area contributed by atoms with Crippen LogP contribution < -0.4 is 0 Å². The maximum absolute atomic E-state index is 12.3. The van der Waals surface area contributed by atoms with Crippen molar-refractivity contribution in [3.63, 3.8) is 0 Å². The summed E-state index contributed by atoms with van der Waals surface area (Å²) in [5.41, 5.74) is 0.902. The number of unbranched alkanes of at least 4 members (excludes halogenated alkanes) is 3. The first-order valence-electron chi connectivity index (χ1n) is 8.78. The zero-order chi connectivity index (χ0) is 16.5. The van der Waals surface area contributed by atoms with E-state index < -0.39 is 0 Å². The molecule has 0 saturated carbocycles. The molecule has 0 radical (unpaired) electrons. The standard InChI is InChI=1S/C18H28O5/c1-21-16(19)9-5-3-2-4-8-14-11-12-15(18(14)20)23-17-10-6-7-13-22-17/h11,15,17H,2-10,12-13H2,1H3/t15-,17?/m1/s1. The fourth-order valence-corrected chi connectivity index (χ4v) is 3.05. The highest BCUT2D eigenvalue weighted by molar-refractivity contribution is 6.01. The Balaban J connectivity index is 1.58. The number of carbonyl (C=O) groups is 2. The molecule has 1 saturated heterocycles. The Hall–Kier alpha value is -1.20. The normalized spacial score (nSPS) is 24.6. The summed E-state index contributed by atoms with van der Waals surface area (Å²) in [6.45, 7) is 0.734. The van der Waals surface area contributed by atoms with Crippen LogP contribution in [0.15, 0.2) is 11.6 Å². The van der Waals surface area contributed by atoms with Gasteiger partial charge in [0.15, 0.2) is 12.1 Å². The molecule has 0 amide bonds. The Morgan fingerprint density at radius 2 is 2.09 bits per heavy atom. The van der Waals surface area contributed by atoms with Crippen molar-refractivity contribution in [2.45, 2.75) is 76.6 Å². The molecule has 0 N–H and O–H groups in total. The third-order valence-electron chi connectivity index (χ3n) is 4.45. The third-order valence-corrected chi connectivity index (χ3v) is 4.45. The van der Waals surface area contributed by atoms with Crippen molar-refractivity contribution < 1.29 is 23.8 Å². The molecule has 0 aromatic carbocycles. The van der Waals surface area contributed by atoms with E-state index in [1.807, 2.05) is 6.08 Å². The van der Waals surface area contributed by atoms with Crippen molar-refractivity contribution in [2.24, 2.45) is 0 Å². The molecular formula is C18H28O5. The average molecular weight is 324 g/mol. The highest BCUT2D eigenvalue weighted by Crippen LogP contribution is 2.26. The van der Waals surface area contributed by atoms with Gasteiger partial charge >= 0.3 is 5.97 Å². The lowest BCUT2D eigenvalue weighted by atomic mass is 10.0. The number of esters is 1. The van der Waals surface area contributed by atoms with E-state index in [9.17, 15) is 9.59 Å². The molecule has 1 aliphatic heterocycles. The van der Waals surface area contributed by atoms with Crippen molar-refractivity contribution >= 4 is 11.8 Å². The van der Waals surface area contributed by atoms with Gasteiger partial charge in [-0.3, -0.25) is 9.59 Å². The molecule has 0 aromatic heterocycles. The van der Waals surface area contributed by atoms with Gasteiger partial charge in [0.25, 0.3) is 0 Å². The van der Waals surface area contributed by atoms with Crippen LogP contribution in [-0.4, -0.2) is 37.9 Å².